The maximum atomic E-state index is 11.8. The van der Waals surface area contributed by atoms with Gasteiger partial charge in [0.15, 0.2) is 0 Å². The minimum absolute atomic E-state index is 0.121. The molecule has 8 nitrogen and oxygen atoms in total. The third-order valence-corrected chi connectivity index (χ3v) is 3.32. The van der Waals surface area contributed by atoms with Crippen molar-refractivity contribution < 1.29 is 9.72 Å². The maximum absolute atomic E-state index is 11.8. The summed E-state index contributed by atoms with van der Waals surface area (Å²) in [5.74, 6) is -0.930. The molecule has 0 radical (unpaired) electrons. The van der Waals surface area contributed by atoms with Crippen molar-refractivity contribution in [3.05, 3.63) is 43.6 Å². The van der Waals surface area contributed by atoms with Gasteiger partial charge in [-0.2, -0.15) is 4.68 Å². The van der Waals surface area contributed by atoms with Gasteiger partial charge in [0.05, 0.1) is 0 Å². The van der Waals surface area contributed by atoms with Crippen molar-refractivity contribution >= 4 is 49.4 Å². The summed E-state index contributed by atoms with van der Waals surface area (Å²) < 4.78 is 2.12. The molecule has 104 valence electrons. The molecule has 0 fully saturated rings. The van der Waals surface area contributed by atoms with Crippen LogP contribution in [0.3, 0.4) is 0 Å². The first-order chi connectivity index (χ1) is 9.45. The van der Waals surface area contributed by atoms with Crippen LogP contribution in [-0.2, 0) is 11.3 Å². The molecule has 0 aliphatic heterocycles. The van der Waals surface area contributed by atoms with Crippen molar-refractivity contribution in [1.82, 2.24) is 14.8 Å². The van der Waals surface area contributed by atoms with Gasteiger partial charge < -0.3 is 15.4 Å². The second-order valence-corrected chi connectivity index (χ2v) is 5.28. The molecule has 0 spiro atoms. The van der Waals surface area contributed by atoms with Gasteiger partial charge in [0, 0.05) is 31.2 Å². The quantitative estimate of drug-likeness (QED) is 0.622. The van der Waals surface area contributed by atoms with Gasteiger partial charge in [0.25, 0.3) is 4.73 Å². The third kappa shape index (κ3) is 3.61. The van der Waals surface area contributed by atoms with Crippen LogP contribution in [0.25, 0.3) is 0 Å². The molecule has 1 amide bonds. The lowest BCUT2D eigenvalue weighted by Crippen LogP contribution is -2.19. The number of nitrogens with one attached hydrogen (secondary N) is 1. The van der Waals surface area contributed by atoms with Crippen LogP contribution in [0.1, 0.15) is 0 Å². The summed E-state index contributed by atoms with van der Waals surface area (Å²) in [4.78, 5) is 25.1. The molecule has 10 heteroatoms. The summed E-state index contributed by atoms with van der Waals surface area (Å²) in [6, 6.07) is 7.01. The van der Waals surface area contributed by atoms with Gasteiger partial charge in [-0.25, -0.2) is 0 Å². The van der Waals surface area contributed by atoms with Crippen molar-refractivity contribution in [2.24, 2.45) is 0 Å². The number of carbonyl (C=O) groups excluding carboxylic acids is 1. The second kappa shape index (κ2) is 6.09. The van der Waals surface area contributed by atoms with E-state index in [0.717, 1.165) is 9.15 Å². The van der Waals surface area contributed by atoms with Crippen LogP contribution in [0.2, 0.25) is 0 Å². The van der Waals surface area contributed by atoms with Crippen molar-refractivity contribution in [2.75, 3.05) is 5.32 Å². The fourth-order valence-corrected chi connectivity index (χ4v) is 1.99. The molecule has 0 bridgehead atoms. The van der Waals surface area contributed by atoms with Crippen LogP contribution in [0.5, 0.6) is 0 Å². The Labute approximate surface area is 129 Å². The predicted octanol–water partition coefficient (Wildman–Crippen LogP) is 2.35. The van der Waals surface area contributed by atoms with Gasteiger partial charge in [-0.3, -0.25) is 4.79 Å². The van der Waals surface area contributed by atoms with Crippen LogP contribution in [0, 0.1) is 10.1 Å². The Morgan fingerprint density at radius 2 is 2.00 bits per heavy atom. The average Bonchev–Trinajstić information content (AvgIpc) is 2.74. The van der Waals surface area contributed by atoms with E-state index >= 15 is 0 Å². The lowest BCUT2D eigenvalue weighted by atomic mass is 10.3. The van der Waals surface area contributed by atoms with E-state index in [-0.39, 0.29) is 17.2 Å². The Kier molecular flexibility index (Phi) is 4.45. The number of hydrogen-bond donors (Lipinski definition) is 1. The van der Waals surface area contributed by atoms with Gasteiger partial charge in [0.1, 0.15) is 6.54 Å². The second-order valence-electron chi connectivity index (χ2n) is 3.65. The monoisotopic (exact) mass is 403 g/mol. The highest BCUT2D eigenvalue weighted by molar-refractivity contribution is 9.10. The fourth-order valence-electron chi connectivity index (χ4n) is 1.36. The highest BCUT2D eigenvalue weighted by Crippen LogP contribution is 2.15. The zero-order chi connectivity index (χ0) is 14.7. The van der Waals surface area contributed by atoms with Crippen molar-refractivity contribution in [1.29, 1.82) is 0 Å². The van der Waals surface area contributed by atoms with E-state index < -0.39 is 10.9 Å². The molecule has 2 rings (SSSR count). The highest BCUT2D eigenvalue weighted by atomic mass is 79.9. The molecule has 0 aliphatic carbocycles. The molecule has 0 atom stereocenters. The van der Waals surface area contributed by atoms with Gasteiger partial charge in [-0.1, -0.05) is 15.9 Å². The number of amides is 1. The van der Waals surface area contributed by atoms with Gasteiger partial charge >= 0.3 is 5.95 Å². The summed E-state index contributed by atoms with van der Waals surface area (Å²) in [6.07, 6.45) is 0. The Morgan fingerprint density at radius 3 is 2.55 bits per heavy atom. The Morgan fingerprint density at radius 1 is 1.35 bits per heavy atom. The number of aromatic nitrogens is 3. The average molecular weight is 405 g/mol. The third-order valence-electron chi connectivity index (χ3n) is 2.20. The minimum atomic E-state index is -0.728. The SMILES string of the molecule is O=C(Cn1nc([N+](=O)[O-])nc1Br)Nc1ccc(Br)cc1. The number of nitrogens with zero attached hydrogens (tertiary/aromatic N) is 4. The molecule has 20 heavy (non-hydrogen) atoms. The normalized spacial score (nSPS) is 10.3. The van der Waals surface area contributed by atoms with E-state index in [4.69, 9.17) is 0 Å². The summed E-state index contributed by atoms with van der Waals surface area (Å²) in [7, 11) is 0. The van der Waals surface area contributed by atoms with Crippen LogP contribution < -0.4 is 5.32 Å². The Balaban J connectivity index is 2.04. The number of anilines is 1. The first-order valence-electron chi connectivity index (χ1n) is 5.26. The van der Waals surface area contributed by atoms with Crippen LogP contribution in [0.4, 0.5) is 11.6 Å². The van der Waals surface area contributed by atoms with Gasteiger partial charge in [-0.15, -0.1) is 0 Å². The molecule has 0 saturated carbocycles. The summed E-state index contributed by atoms with van der Waals surface area (Å²) in [5.41, 5.74) is 0.615. The number of benzene rings is 1. The molecule has 1 aromatic carbocycles. The van der Waals surface area contributed by atoms with Gasteiger partial charge in [-0.05, 0) is 34.2 Å². The molecule has 1 N–H and O–H groups in total. The zero-order valence-corrected chi connectivity index (χ0v) is 13.0. The zero-order valence-electron chi connectivity index (χ0n) is 9.79. The number of carbonyl (C=O) groups is 1. The molecular formula is C10H7Br2N5O3. The Bertz CT molecular complexity index is 655. The molecule has 2 aromatic rings. The first kappa shape index (κ1) is 14.6. The largest absolute Gasteiger partial charge is 0.492 e. The van der Waals surface area contributed by atoms with E-state index in [1.54, 1.807) is 24.3 Å². The molecule has 1 heterocycles. The molecule has 0 aliphatic rings. The minimum Gasteiger partial charge on any atom is -0.390 e. The van der Waals surface area contributed by atoms with Gasteiger partial charge in [0.2, 0.25) is 5.91 Å². The molecule has 1 aromatic heterocycles. The number of nitro groups is 1. The van der Waals surface area contributed by atoms with Crippen LogP contribution >= 0.6 is 31.9 Å². The number of hydrogen-bond acceptors (Lipinski definition) is 5. The number of halogens is 2. The number of rotatable bonds is 4. The van der Waals surface area contributed by atoms with E-state index in [2.05, 4.69) is 47.3 Å². The summed E-state index contributed by atoms with van der Waals surface area (Å²) in [6.45, 7) is -0.183. The smallest absolute Gasteiger partial charge is 0.390 e. The fraction of sp³-hybridized carbons (Fsp3) is 0.100. The van der Waals surface area contributed by atoms with E-state index in [1.165, 1.54) is 0 Å². The van der Waals surface area contributed by atoms with Crippen molar-refractivity contribution in [3.8, 4) is 0 Å². The van der Waals surface area contributed by atoms with Crippen molar-refractivity contribution in [2.45, 2.75) is 6.54 Å². The lowest BCUT2D eigenvalue weighted by Gasteiger charge is -2.04. The van der Waals surface area contributed by atoms with Crippen molar-refractivity contribution in [3.63, 3.8) is 0 Å². The molecule has 0 unspecified atom stereocenters. The summed E-state index contributed by atoms with van der Waals surface area (Å²) >= 11 is 6.29. The van der Waals surface area contributed by atoms with Crippen LogP contribution in [-0.4, -0.2) is 25.6 Å². The Hall–Kier alpha value is -1.81. The summed E-state index contributed by atoms with van der Waals surface area (Å²) in [5, 5.41) is 16.8. The van der Waals surface area contributed by atoms with E-state index in [0.29, 0.717) is 5.69 Å². The maximum Gasteiger partial charge on any atom is 0.492 e. The molecule has 0 saturated heterocycles. The topological polar surface area (TPSA) is 103 Å². The standard InChI is InChI=1S/C10H7Br2N5O3/c11-6-1-3-7(4-2-6)13-8(18)5-16-9(12)14-10(15-16)17(19)20/h1-4H,5H2,(H,13,18). The van der Waals surface area contributed by atoms with E-state index in [9.17, 15) is 14.9 Å². The molecular weight excluding hydrogens is 398 g/mol. The van der Waals surface area contributed by atoms with Crippen LogP contribution in [0.15, 0.2) is 33.5 Å². The van der Waals surface area contributed by atoms with E-state index in [1.807, 2.05) is 0 Å². The lowest BCUT2D eigenvalue weighted by molar-refractivity contribution is -0.394. The first-order valence-corrected chi connectivity index (χ1v) is 6.84. The predicted molar refractivity (Wildman–Crippen MR) is 77.1 cm³/mol. The highest BCUT2D eigenvalue weighted by Gasteiger charge is 2.21.